The molecule has 0 amide bonds. The fourth-order valence-corrected chi connectivity index (χ4v) is 4.96. The molecule has 0 aliphatic carbocycles. The van der Waals surface area contributed by atoms with Gasteiger partial charge in [-0.05, 0) is 55.0 Å². The zero-order chi connectivity index (χ0) is 25.5. The van der Waals surface area contributed by atoms with Gasteiger partial charge >= 0.3 is 0 Å². The second-order valence-corrected chi connectivity index (χ2v) is 9.13. The molecule has 2 heterocycles. The maximum absolute atomic E-state index is 5.93. The number of hydrogen-bond donors (Lipinski definition) is 0. The number of rotatable bonds is 10. The molecule has 0 aliphatic heterocycles. The average molecular weight is 513 g/mol. The number of ether oxygens (including phenoxy) is 3. The number of imidazole rings is 1. The first-order chi connectivity index (χ1) is 18.2. The highest BCUT2D eigenvalue weighted by molar-refractivity contribution is 7.07. The first-order valence-corrected chi connectivity index (χ1v) is 12.9. The third kappa shape index (κ3) is 5.92. The predicted molar refractivity (Wildman–Crippen MR) is 146 cm³/mol. The van der Waals surface area contributed by atoms with Crippen LogP contribution in [0.3, 0.4) is 0 Å². The average Bonchev–Trinajstić information content (AvgIpc) is 3.60. The summed E-state index contributed by atoms with van der Waals surface area (Å²) in [6.07, 6.45) is 6.55. The molecule has 7 nitrogen and oxygen atoms in total. The van der Waals surface area contributed by atoms with Gasteiger partial charge in [0.1, 0.15) is 23.0 Å². The van der Waals surface area contributed by atoms with E-state index < -0.39 is 0 Å². The van der Waals surface area contributed by atoms with Gasteiger partial charge in [0.15, 0.2) is 4.80 Å². The Labute approximate surface area is 219 Å². The maximum Gasteiger partial charge on any atom is 0.190 e. The van der Waals surface area contributed by atoms with Gasteiger partial charge < -0.3 is 23.3 Å². The summed E-state index contributed by atoms with van der Waals surface area (Å²) < 4.78 is 21.4. The van der Waals surface area contributed by atoms with Crippen LogP contribution in [0.5, 0.6) is 23.0 Å². The molecule has 0 N–H and O–H groups in total. The molecule has 0 unspecified atom stereocenters. The van der Waals surface area contributed by atoms with Crippen molar-refractivity contribution in [3.8, 4) is 34.3 Å². The molecule has 5 rings (SSSR count). The Morgan fingerprint density at radius 3 is 2.38 bits per heavy atom. The van der Waals surface area contributed by atoms with E-state index >= 15 is 0 Å². The SMILES string of the molecule is COc1ccc(-c2csc(=Nc3ccc(Oc4ccccc4)cc3)n2CCCn2ccnc2)c(OC)c1. The van der Waals surface area contributed by atoms with Crippen LogP contribution in [0.4, 0.5) is 5.69 Å². The second-order valence-electron chi connectivity index (χ2n) is 8.30. The van der Waals surface area contributed by atoms with Gasteiger partial charge in [-0.2, -0.15) is 0 Å². The maximum atomic E-state index is 5.93. The molecule has 0 saturated heterocycles. The van der Waals surface area contributed by atoms with E-state index in [9.17, 15) is 0 Å². The summed E-state index contributed by atoms with van der Waals surface area (Å²) in [6.45, 7) is 1.66. The van der Waals surface area contributed by atoms with Crippen molar-refractivity contribution in [2.45, 2.75) is 19.5 Å². The van der Waals surface area contributed by atoms with Gasteiger partial charge in [-0.1, -0.05) is 18.2 Å². The molecule has 8 heteroatoms. The van der Waals surface area contributed by atoms with Crippen molar-refractivity contribution in [1.82, 2.24) is 14.1 Å². The van der Waals surface area contributed by atoms with E-state index in [2.05, 4.69) is 19.5 Å². The van der Waals surface area contributed by atoms with Crippen LogP contribution in [0.2, 0.25) is 0 Å². The van der Waals surface area contributed by atoms with Gasteiger partial charge in [-0.15, -0.1) is 11.3 Å². The number of nitrogens with zero attached hydrogens (tertiary/aromatic N) is 4. The number of thiazole rings is 1. The molecule has 2 aromatic heterocycles. The fourth-order valence-electron chi connectivity index (χ4n) is 4.01. The predicted octanol–water partition coefficient (Wildman–Crippen LogP) is 6.55. The monoisotopic (exact) mass is 512 g/mol. The Bertz CT molecular complexity index is 1490. The van der Waals surface area contributed by atoms with E-state index in [1.165, 1.54) is 0 Å². The Kier molecular flexibility index (Phi) is 7.66. The van der Waals surface area contributed by atoms with Crippen LogP contribution in [0.25, 0.3) is 11.3 Å². The van der Waals surface area contributed by atoms with E-state index in [-0.39, 0.29) is 0 Å². The lowest BCUT2D eigenvalue weighted by Crippen LogP contribution is -2.17. The number of aromatic nitrogens is 3. The minimum atomic E-state index is 0.755. The summed E-state index contributed by atoms with van der Waals surface area (Å²) in [5, 5.41) is 2.13. The molecule has 0 aliphatic rings. The molecule has 0 saturated carbocycles. The second kappa shape index (κ2) is 11.6. The summed E-state index contributed by atoms with van der Waals surface area (Å²) in [7, 11) is 3.33. The van der Waals surface area contributed by atoms with Crippen LogP contribution in [-0.4, -0.2) is 28.3 Å². The topological polar surface area (TPSA) is 62.8 Å². The van der Waals surface area contributed by atoms with Crippen LogP contribution in [0, 0.1) is 0 Å². The van der Waals surface area contributed by atoms with Crippen LogP contribution < -0.4 is 19.0 Å². The molecule has 37 heavy (non-hydrogen) atoms. The molecular formula is C29H28N4O3S. The summed E-state index contributed by atoms with van der Waals surface area (Å²) in [6, 6.07) is 23.5. The lowest BCUT2D eigenvalue weighted by atomic mass is 10.1. The standard InChI is InChI=1S/C29H28N4O3S/c1-34-25-13-14-26(28(19-25)35-2)27-20-37-29(33(27)17-6-16-32-18-15-30-21-32)31-22-9-11-24(12-10-22)36-23-7-4-3-5-8-23/h3-5,7-15,18-21H,6,16-17H2,1-2H3. The van der Waals surface area contributed by atoms with Gasteiger partial charge in [0, 0.05) is 42.5 Å². The molecule has 188 valence electrons. The van der Waals surface area contributed by atoms with Gasteiger partial charge in [0.2, 0.25) is 0 Å². The van der Waals surface area contributed by atoms with Crippen molar-refractivity contribution in [2.75, 3.05) is 14.2 Å². The van der Waals surface area contributed by atoms with Crippen LogP contribution in [0.15, 0.2) is 102 Å². The Morgan fingerprint density at radius 2 is 1.65 bits per heavy atom. The van der Waals surface area contributed by atoms with Crippen molar-refractivity contribution < 1.29 is 14.2 Å². The molecule has 0 atom stereocenters. The zero-order valence-corrected chi connectivity index (χ0v) is 21.6. The zero-order valence-electron chi connectivity index (χ0n) is 20.8. The normalized spacial score (nSPS) is 11.5. The summed E-state index contributed by atoms with van der Waals surface area (Å²) in [5.74, 6) is 3.09. The smallest absolute Gasteiger partial charge is 0.190 e. The quantitative estimate of drug-likeness (QED) is 0.213. The number of benzene rings is 3. The summed E-state index contributed by atoms with van der Waals surface area (Å²) in [4.78, 5) is 10.0. The Morgan fingerprint density at radius 1 is 0.865 bits per heavy atom. The highest BCUT2D eigenvalue weighted by atomic mass is 32.1. The number of hydrogen-bond acceptors (Lipinski definition) is 6. The van der Waals surface area contributed by atoms with Crippen molar-refractivity contribution in [3.63, 3.8) is 0 Å². The van der Waals surface area contributed by atoms with Crippen molar-refractivity contribution in [1.29, 1.82) is 0 Å². The van der Waals surface area contributed by atoms with E-state index in [1.54, 1.807) is 31.8 Å². The molecule has 3 aromatic carbocycles. The Balaban J connectivity index is 1.46. The van der Waals surface area contributed by atoms with Crippen molar-refractivity contribution in [3.05, 3.63) is 102 Å². The molecule has 0 radical (unpaired) electrons. The summed E-state index contributed by atoms with van der Waals surface area (Å²) in [5.41, 5.74) is 2.91. The number of methoxy groups -OCH3 is 2. The highest BCUT2D eigenvalue weighted by Crippen LogP contribution is 2.34. The molecule has 0 fully saturated rings. The van der Waals surface area contributed by atoms with Gasteiger partial charge in [0.05, 0.1) is 31.9 Å². The summed E-state index contributed by atoms with van der Waals surface area (Å²) >= 11 is 1.61. The lowest BCUT2D eigenvalue weighted by Gasteiger charge is -2.13. The Hall–Kier alpha value is -4.30. The first-order valence-electron chi connectivity index (χ1n) is 12.0. The van der Waals surface area contributed by atoms with E-state index in [4.69, 9.17) is 19.2 Å². The van der Waals surface area contributed by atoms with Crippen molar-refractivity contribution in [2.24, 2.45) is 4.99 Å². The van der Waals surface area contributed by atoms with Gasteiger partial charge in [-0.3, -0.25) is 0 Å². The molecule has 5 aromatic rings. The molecule has 0 spiro atoms. The third-order valence-corrected chi connectivity index (χ3v) is 6.74. The molecular weight excluding hydrogens is 484 g/mol. The fraction of sp³-hybridized carbons (Fsp3) is 0.172. The first kappa shape index (κ1) is 24.4. The van der Waals surface area contributed by atoms with E-state index in [0.717, 1.165) is 64.3 Å². The number of para-hydroxylation sites is 1. The minimum absolute atomic E-state index is 0.755. The molecule has 0 bridgehead atoms. The van der Waals surface area contributed by atoms with E-state index in [0.29, 0.717) is 0 Å². The van der Waals surface area contributed by atoms with Crippen LogP contribution in [-0.2, 0) is 13.1 Å². The van der Waals surface area contributed by atoms with Crippen molar-refractivity contribution >= 4 is 17.0 Å². The van der Waals surface area contributed by atoms with Gasteiger partial charge in [-0.25, -0.2) is 9.98 Å². The highest BCUT2D eigenvalue weighted by Gasteiger charge is 2.14. The lowest BCUT2D eigenvalue weighted by molar-refractivity contribution is 0.395. The minimum Gasteiger partial charge on any atom is -0.497 e. The van der Waals surface area contributed by atoms with Crippen LogP contribution in [0.1, 0.15) is 6.42 Å². The van der Waals surface area contributed by atoms with Gasteiger partial charge in [0.25, 0.3) is 0 Å². The third-order valence-electron chi connectivity index (χ3n) is 5.88. The number of aryl methyl sites for hydroxylation is 1. The largest absolute Gasteiger partial charge is 0.497 e. The van der Waals surface area contributed by atoms with E-state index in [1.807, 2.05) is 85.3 Å². The van der Waals surface area contributed by atoms with Crippen LogP contribution >= 0.6 is 11.3 Å².